The van der Waals surface area contributed by atoms with Gasteiger partial charge < -0.3 is 25.3 Å². The minimum Gasteiger partial charge on any atom is -0.480 e. The maximum atomic E-state index is 12.5. The van der Waals surface area contributed by atoms with E-state index in [0.717, 1.165) is 5.56 Å². The van der Waals surface area contributed by atoms with Crippen LogP contribution in [-0.2, 0) is 25.7 Å². The van der Waals surface area contributed by atoms with E-state index in [-0.39, 0.29) is 19.4 Å². The lowest BCUT2D eigenvalue weighted by molar-refractivity contribution is -0.142. The highest BCUT2D eigenvalue weighted by Crippen LogP contribution is 2.06. The highest BCUT2D eigenvalue weighted by Gasteiger charge is 2.26. The van der Waals surface area contributed by atoms with E-state index < -0.39 is 30.1 Å². The Hall–Kier alpha value is -2.55. The molecule has 28 heavy (non-hydrogen) atoms. The molecule has 0 saturated carbocycles. The molecule has 2 atom stereocenters. The fourth-order valence-electron chi connectivity index (χ4n) is 2.35. The standard InChI is InChI=1S/C19H26N2O6S/c1-28-12-10-15(17(23)20-16(18(24)25)9-5-6-11-22)21-19(26)27-13-14-7-3-2-4-8-14/h2-4,7-8,11,15-16H,5-6,9-10,12-13H2,1H3,(H,20,23)(H,21,26)(H,24,25)/t15-,16-/m0/s1. The summed E-state index contributed by atoms with van der Waals surface area (Å²) in [6, 6.07) is 7.07. The zero-order valence-corrected chi connectivity index (χ0v) is 16.6. The Labute approximate surface area is 168 Å². The van der Waals surface area contributed by atoms with E-state index in [9.17, 15) is 24.3 Å². The van der Waals surface area contributed by atoms with Crippen molar-refractivity contribution in [1.29, 1.82) is 0 Å². The molecule has 0 spiro atoms. The van der Waals surface area contributed by atoms with Crippen molar-refractivity contribution in [1.82, 2.24) is 10.6 Å². The number of alkyl carbamates (subject to hydrolysis) is 1. The summed E-state index contributed by atoms with van der Waals surface area (Å²) in [7, 11) is 0. The first kappa shape index (κ1) is 23.5. The van der Waals surface area contributed by atoms with Gasteiger partial charge in [0, 0.05) is 6.42 Å². The van der Waals surface area contributed by atoms with E-state index in [4.69, 9.17) is 4.74 Å². The van der Waals surface area contributed by atoms with Crippen LogP contribution in [0.25, 0.3) is 0 Å². The van der Waals surface area contributed by atoms with E-state index in [1.807, 2.05) is 36.6 Å². The van der Waals surface area contributed by atoms with E-state index >= 15 is 0 Å². The maximum Gasteiger partial charge on any atom is 0.408 e. The van der Waals surface area contributed by atoms with Gasteiger partial charge in [-0.2, -0.15) is 11.8 Å². The number of nitrogens with one attached hydrogen (secondary N) is 2. The third-order valence-corrected chi connectivity index (χ3v) is 4.51. The predicted molar refractivity (Wildman–Crippen MR) is 106 cm³/mol. The van der Waals surface area contributed by atoms with E-state index in [0.29, 0.717) is 24.9 Å². The fourth-order valence-corrected chi connectivity index (χ4v) is 2.82. The number of aldehydes is 1. The Bertz CT molecular complexity index is 641. The van der Waals surface area contributed by atoms with Crippen LogP contribution >= 0.6 is 11.8 Å². The second-order valence-corrected chi connectivity index (χ2v) is 7.02. The number of ether oxygens (including phenoxy) is 1. The van der Waals surface area contributed by atoms with Gasteiger partial charge in [-0.25, -0.2) is 9.59 Å². The molecular weight excluding hydrogens is 384 g/mol. The van der Waals surface area contributed by atoms with Crippen LogP contribution in [0.1, 0.15) is 31.2 Å². The number of carbonyl (C=O) groups is 4. The van der Waals surface area contributed by atoms with Crippen molar-refractivity contribution in [3.63, 3.8) is 0 Å². The van der Waals surface area contributed by atoms with Crippen molar-refractivity contribution in [3.05, 3.63) is 35.9 Å². The Kier molecular flexibility index (Phi) is 11.4. The van der Waals surface area contributed by atoms with E-state index in [1.165, 1.54) is 11.8 Å². The molecule has 0 aliphatic rings. The number of unbranched alkanes of at least 4 members (excludes halogenated alkanes) is 1. The first-order valence-electron chi connectivity index (χ1n) is 8.91. The molecule has 154 valence electrons. The lowest BCUT2D eigenvalue weighted by atomic mass is 10.1. The molecule has 0 aliphatic carbocycles. The molecule has 9 heteroatoms. The molecule has 0 saturated heterocycles. The average molecular weight is 410 g/mol. The summed E-state index contributed by atoms with van der Waals surface area (Å²) in [6.07, 6.45) is 2.84. The minimum absolute atomic E-state index is 0.0625. The second kappa shape index (κ2) is 13.6. The van der Waals surface area contributed by atoms with Crippen LogP contribution in [0.4, 0.5) is 4.79 Å². The number of benzene rings is 1. The van der Waals surface area contributed by atoms with E-state index in [1.54, 1.807) is 0 Å². The Balaban J connectivity index is 2.62. The van der Waals surface area contributed by atoms with Gasteiger partial charge in [0.2, 0.25) is 5.91 Å². The first-order chi connectivity index (χ1) is 13.5. The normalized spacial score (nSPS) is 12.5. The fraction of sp³-hybridized carbons (Fsp3) is 0.474. The van der Waals surface area contributed by atoms with Crippen molar-refractivity contribution < 1.29 is 29.0 Å². The second-order valence-electron chi connectivity index (χ2n) is 6.04. The van der Waals surface area contributed by atoms with Crippen LogP contribution in [-0.4, -0.2) is 53.5 Å². The molecule has 0 fully saturated rings. The molecule has 0 bridgehead atoms. The largest absolute Gasteiger partial charge is 0.480 e. The van der Waals surface area contributed by atoms with Gasteiger partial charge in [0.1, 0.15) is 25.0 Å². The van der Waals surface area contributed by atoms with Crippen LogP contribution < -0.4 is 10.6 Å². The van der Waals surface area contributed by atoms with Gasteiger partial charge in [-0.05, 0) is 36.8 Å². The Morgan fingerprint density at radius 3 is 2.46 bits per heavy atom. The quantitative estimate of drug-likeness (QED) is 0.336. The monoisotopic (exact) mass is 410 g/mol. The first-order valence-corrected chi connectivity index (χ1v) is 10.3. The number of rotatable bonds is 13. The molecule has 0 aromatic heterocycles. The highest BCUT2D eigenvalue weighted by molar-refractivity contribution is 7.98. The van der Waals surface area contributed by atoms with Crippen molar-refractivity contribution in [3.8, 4) is 0 Å². The van der Waals surface area contributed by atoms with Crippen molar-refractivity contribution in [2.45, 2.75) is 44.4 Å². The lowest BCUT2D eigenvalue weighted by Crippen LogP contribution is -2.51. The molecule has 2 amide bonds. The number of hydrogen-bond donors (Lipinski definition) is 3. The summed E-state index contributed by atoms with van der Waals surface area (Å²) in [5.74, 6) is -1.18. The number of carboxylic acid groups (broad SMARTS) is 1. The van der Waals surface area contributed by atoms with Gasteiger partial charge in [0.25, 0.3) is 0 Å². The molecule has 8 nitrogen and oxygen atoms in total. The third-order valence-electron chi connectivity index (χ3n) is 3.86. The van der Waals surface area contributed by atoms with Crippen LogP contribution in [0.3, 0.4) is 0 Å². The molecule has 0 heterocycles. The zero-order chi connectivity index (χ0) is 20.8. The zero-order valence-electron chi connectivity index (χ0n) is 15.8. The minimum atomic E-state index is -1.19. The van der Waals surface area contributed by atoms with Crippen molar-refractivity contribution in [2.75, 3.05) is 12.0 Å². The molecule has 3 N–H and O–H groups in total. The van der Waals surface area contributed by atoms with Gasteiger partial charge in [0.15, 0.2) is 0 Å². The van der Waals surface area contributed by atoms with Crippen LogP contribution in [0, 0.1) is 0 Å². The molecular formula is C19H26N2O6S. The Morgan fingerprint density at radius 1 is 1.14 bits per heavy atom. The van der Waals surface area contributed by atoms with Gasteiger partial charge >= 0.3 is 12.1 Å². The summed E-state index contributed by atoms with van der Waals surface area (Å²) in [4.78, 5) is 46.3. The van der Waals surface area contributed by atoms with Crippen molar-refractivity contribution >= 4 is 36.0 Å². The van der Waals surface area contributed by atoms with Crippen LogP contribution in [0.5, 0.6) is 0 Å². The lowest BCUT2D eigenvalue weighted by Gasteiger charge is -2.21. The molecule has 0 unspecified atom stereocenters. The van der Waals surface area contributed by atoms with E-state index in [2.05, 4.69) is 10.6 Å². The SMILES string of the molecule is CSCC[C@H](NC(=O)OCc1ccccc1)C(=O)N[C@@H](CCCC=O)C(=O)O. The average Bonchev–Trinajstić information content (AvgIpc) is 2.69. The third kappa shape index (κ3) is 9.40. The smallest absolute Gasteiger partial charge is 0.408 e. The summed E-state index contributed by atoms with van der Waals surface area (Å²) < 4.78 is 5.13. The Morgan fingerprint density at radius 2 is 1.86 bits per heavy atom. The predicted octanol–water partition coefficient (Wildman–Crippen LogP) is 1.97. The number of hydrogen-bond acceptors (Lipinski definition) is 6. The topological polar surface area (TPSA) is 122 Å². The summed E-state index contributed by atoms with van der Waals surface area (Å²) in [6.45, 7) is 0.0625. The van der Waals surface area contributed by atoms with Gasteiger partial charge in [-0.3, -0.25) is 4.79 Å². The van der Waals surface area contributed by atoms with Crippen molar-refractivity contribution in [2.24, 2.45) is 0 Å². The number of amides is 2. The summed E-state index contributed by atoms with van der Waals surface area (Å²) in [5, 5.41) is 14.2. The highest BCUT2D eigenvalue weighted by atomic mass is 32.2. The summed E-state index contributed by atoms with van der Waals surface area (Å²) >= 11 is 1.50. The van der Waals surface area contributed by atoms with Crippen LogP contribution in [0.2, 0.25) is 0 Å². The molecule has 0 aliphatic heterocycles. The van der Waals surface area contributed by atoms with Crippen LogP contribution in [0.15, 0.2) is 30.3 Å². The number of carboxylic acids is 1. The molecule has 1 aromatic rings. The summed E-state index contributed by atoms with van der Waals surface area (Å²) in [5.41, 5.74) is 0.809. The number of aliphatic carboxylic acids is 1. The van der Waals surface area contributed by atoms with Gasteiger partial charge in [0.05, 0.1) is 0 Å². The molecule has 0 radical (unpaired) electrons. The maximum absolute atomic E-state index is 12.5. The number of thioether (sulfide) groups is 1. The van der Waals surface area contributed by atoms with Gasteiger partial charge in [-0.1, -0.05) is 30.3 Å². The molecule has 1 rings (SSSR count). The van der Waals surface area contributed by atoms with Gasteiger partial charge in [-0.15, -0.1) is 0 Å². The number of carbonyl (C=O) groups excluding carboxylic acids is 3. The molecule has 1 aromatic carbocycles.